The van der Waals surface area contributed by atoms with Crippen molar-refractivity contribution in [1.82, 2.24) is 4.98 Å². The average Bonchev–Trinajstić information content (AvgIpc) is 2.77. The van der Waals surface area contributed by atoms with E-state index in [1.54, 1.807) is 19.1 Å². The first-order valence-corrected chi connectivity index (χ1v) is 9.37. The number of carbonyl (C=O) groups excluding carboxylic acids is 1. The molecule has 3 rings (SSSR count). The van der Waals surface area contributed by atoms with Crippen molar-refractivity contribution in [2.24, 2.45) is 0 Å². The maximum atomic E-state index is 12.2. The van der Waals surface area contributed by atoms with Gasteiger partial charge in [-0.15, -0.1) is 6.42 Å². The van der Waals surface area contributed by atoms with Crippen molar-refractivity contribution in [3.05, 3.63) is 78.0 Å². The van der Waals surface area contributed by atoms with Gasteiger partial charge >= 0.3 is 5.97 Å². The summed E-state index contributed by atoms with van der Waals surface area (Å²) >= 11 is 0. The van der Waals surface area contributed by atoms with Gasteiger partial charge in [-0.3, -0.25) is 4.98 Å². The van der Waals surface area contributed by atoms with Gasteiger partial charge in [0.25, 0.3) is 0 Å². The van der Waals surface area contributed by atoms with Crippen LogP contribution in [0, 0.1) is 42.9 Å². The molecule has 0 radical (unpaired) electrons. The minimum Gasteiger partial charge on any atom is -0.446 e. The first-order valence-electron chi connectivity index (χ1n) is 9.37. The van der Waals surface area contributed by atoms with E-state index < -0.39 is 12.1 Å². The number of carbonyl (C=O) groups is 1. The van der Waals surface area contributed by atoms with E-state index in [-0.39, 0.29) is 7.13 Å². The van der Waals surface area contributed by atoms with E-state index in [9.17, 15) is 4.79 Å². The van der Waals surface area contributed by atoms with Crippen LogP contribution in [0.25, 0.3) is 22.4 Å². The summed E-state index contributed by atoms with van der Waals surface area (Å²) in [5.41, 5.74) is 5.59. The summed E-state index contributed by atoms with van der Waals surface area (Å²) in [6.45, 7) is 3.74. The molecule has 1 aromatic heterocycles. The van der Waals surface area contributed by atoms with Gasteiger partial charge in [0.05, 0.1) is 11.3 Å². The molecule has 0 aliphatic carbocycles. The van der Waals surface area contributed by atoms with Crippen molar-refractivity contribution < 1.29 is 16.7 Å². The lowest BCUT2D eigenvalue weighted by atomic mass is 10.0. The Morgan fingerprint density at radius 3 is 2.23 bits per heavy atom. The van der Waals surface area contributed by atoms with Crippen LogP contribution < -0.4 is 0 Å². The van der Waals surface area contributed by atoms with Crippen LogP contribution in [0.4, 0.5) is 0 Å². The summed E-state index contributed by atoms with van der Waals surface area (Å²) in [6.07, 6.45) is 6.26. The molecule has 0 bridgehead atoms. The molecule has 1 unspecified atom stereocenters. The van der Waals surface area contributed by atoms with Crippen LogP contribution >= 0.6 is 0 Å². The normalized spacial score (nSPS) is 10.4. The van der Waals surface area contributed by atoms with Crippen LogP contribution in [-0.4, -0.2) is 17.1 Å². The van der Waals surface area contributed by atoms with Crippen molar-refractivity contribution in [2.75, 3.05) is 0 Å². The van der Waals surface area contributed by atoms with E-state index in [1.165, 1.54) is 5.56 Å². The standard InChI is InChI=1S/C27H19NO2.5H2/c1-4-5-6-7-8-21(3)30-27(29)24-15-13-22(14-16-24)25-17-18-26(28-19-25)23-11-9-20(2)10-12-23;;;;;/h1,9-19,21H,2-3H3;5*1H. The Hall–Kier alpha value is -4.26. The van der Waals surface area contributed by atoms with Crippen molar-refractivity contribution in [3.63, 3.8) is 0 Å². The lowest BCUT2D eigenvalue weighted by molar-refractivity contribution is 0.0438. The minimum atomic E-state index is -0.581. The molecule has 30 heavy (non-hydrogen) atoms. The fourth-order valence-corrected chi connectivity index (χ4v) is 2.72. The van der Waals surface area contributed by atoms with Gasteiger partial charge in [-0.25, -0.2) is 4.79 Å². The van der Waals surface area contributed by atoms with Crippen molar-refractivity contribution in [2.45, 2.75) is 20.0 Å². The number of ether oxygens (including phenoxy) is 1. The van der Waals surface area contributed by atoms with Gasteiger partial charge in [0.2, 0.25) is 0 Å². The minimum absolute atomic E-state index is 0. The Morgan fingerprint density at radius 1 is 0.933 bits per heavy atom. The van der Waals surface area contributed by atoms with Gasteiger partial charge in [0.1, 0.15) is 0 Å². The Bertz CT molecular complexity index is 1210. The lowest BCUT2D eigenvalue weighted by Crippen LogP contribution is -2.13. The second kappa shape index (κ2) is 9.79. The van der Waals surface area contributed by atoms with Crippen molar-refractivity contribution in [3.8, 4) is 58.4 Å². The molecule has 1 atom stereocenters. The number of benzene rings is 2. The van der Waals surface area contributed by atoms with E-state index in [0.29, 0.717) is 5.56 Å². The summed E-state index contributed by atoms with van der Waals surface area (Å²) in [6, 6.07) is 19.5. The van der Waals surface area contributed by atoms with E-state index >= 15 is 0 Å². The van der Waals surface area contributed by atoms with Crippen LogP contribution in [0.3, 0.4) is 0 Å². The lowest BCUT2D eigenvalue weighted by Gasteiger charge is -2.08. The number of nitrogens with zero attached hydrogens (tertiary/aromatic N) is 1. The predicted octanol–water partition coefficient (Wildman–Crippen LogP) is 6.14. The molecule has 154 valence electrons. The maximum Gasteiger partial charge on any atom is 0.339 e. The fourth-order valence-electron chi connectivity index (χ4n) is 2.72. The molecule has 3 nitrogen and oxygen atoms in total. The first-order chi connectivity index (χ1) is 14.6. The second-order valence-corrected chi connectivity index (χ2v) is 6.59. The number of aryl methyl sites for hydroxylation is 1. The highest BCUT2D eigenvalue weighted by molar-refractivity contribution is 5.90. The highest BCUT2D eigenvalue weighted by Gasteiger charge is 2.11. The van der Waals surface area contributed by atoms with E-state index in [1.807, 2.05) is 30.5 Å². The van der Waals surface area contributed by atoms with E-state index in [0.717, 1.165) is 22.4 Å². The molecule has 0 fully saturated rings. The van der Waals surface area contributed by atoms with Gasteiger partial charge < -0.3 is 4.74 Å². The topological polar surface area (TPSA) is 39.2 Å². The molecule has 2 aromatic carbocycles. The van der Waals surface area contributed by atoms with Gasteiger partial charge in [-0.05, 0) is 67.2 Å². The van der Waals surface area contributed by atoms with Gasteiger partial charge in [-0.1, -0.05) is 48.0 Å². The molecule has 0 amide bonds. The molecule has 0 aliphatic heterocycles. The molecule has 0 saturated heterocycles. The number of rotatable bonds is 4. The SMILES string of the molecule is C#CC#CC#CC(C)OC(=O)c1ccc(-c2ccc(-c3ccc(C)cc3)nc2)cc1.[HH].[HH].[HH].[HH].[HH]. The first kappa shape index (κ1) is 20.5. The molecule has 0 saturated carbocycles. The number of hydrogen-bond acceptors (Lipinski definition) is 3. The number of aromatic nitrogens is 1. The van der Waals surface area contributed by atoms with Crippen LogP contribution in [-0.2, 0) is 4.74 Å². The summed E-state index contributed by atoms with van der Waals surface area (Å²) in [7, 11) is 0. The number of terminal acetylenes is 1. The Morgan fingerprint density at radius 2 is 1.60 bits per heavy atom. The number of pyridine rings is 1. The molecule has 0 spiro atoms. The highest BCUT2D eigenvalue weighted by atomic mass is 16.5. The third-order valence-corrected chi connectivity index (χ3v) is 4.32. The highest BCUT2D eigenvalue weighted by Crippen LogP contribution is 2.23. The molecule has 0 N–H and O–H groups in total. The van der Waals surface area contributed by atoms with Crippen molar-refractivity contribution >= 4 is 5.97 Å². The third kappa shape index (κ3) is 5.39. The summed E-state index contributed by atoms with van der Waals surface area (Å²) in [5, 5.41) is 0. The summed E-state index contributed by atoms with van der Waals surface area (Å²) < 4.78 is 5.29. The van der Waals surface area contributed by atoms with E-state index in [2.05, 4.69) is 65.8 Å². The van der Waals surface area contributed by atoms with Crippen LogP contribution in [0.1, 0.15) is 30.0 Å². The van der Waals surface area contributed by atoms with E-state index in [4.69, 9.17) is 11.2 Å². The van der Waals surface area contributed by atoms with Crippen LogP contribution in [0.15, 0.2) is 66.9 Å². The smallest absolute Gasteiger partial charge is 0.339 e. The summed E-state index contributed by atoms with van der Waals surface area (Å²) in [5.74, 6) is 11.8. The molecular formula is C27H29NO2. The van der Waals surface area contributed by atoms with Gasteiger partial charge in [-0.2, -0.15) is 0 Å². The molecule has 3 aromatic rings. The van der Waals surface area contributed by atoms with Gasteiger partial charge in [0.15, 0.2) is 6.10 Å². The number of esters is 1. The Balaban J connectivity index is -0.00000205. The van der Waals surface area contributed by atoms with Crippen LogP contribution in [0.5, 0.6) is 0 Å². The predicted molar refractivity (Wildman–Crippen MR) is 130 cm³/mol. The zero-order valence-corrected chi connectivity index (χ0v) is 16.8. The molecule has 0 aliphatic rings. The molecule has 1 heterocycles. The van der Waals surface area contributed by atoms with Gasteiger partial charge in [0, 0.05) is 24.5 Å². The van der Waals surface area contributed by atoms with Crippen LogP contribution in [0.2, 0.25) is 0 Å². The second-order valence-electron chi connectivity index (χ2n) is 6.59. The number of hydrogen-bond donors (Lipinski definition) is 0. The zero-order chi connectivity index (χ0) is 21.3. The zero-order valence-electron chi connectivity index (χ0n) is 16.8. The maximum absolute atomic E-state index is 12.2. The average molecular weight is 400 g/mol. The Kier molecular flexibility index (Phi) is 6.68. The fraction of sp³-hybridized carbons (Fsp3) is 0.111. The quantitative estimate of drug-likeness (QED) is 0.391. The van der Waals surface area contributed by atoms with Crippen molar-refractivity contribution in [1.29, 1.82) is 0 Å². The molecule has 3 heteroatoms. The molecular weight excluding hydrogens is 370 g/mol. The monoisotopic (exact) mass is 399 g/mol. The third-order valence-electron chi connectivity index (χ3n) is 4.32. The summed E-state index contributed by atoms with van der Waals surface area (Å²) in [4.78, 5) is 16.8. The Labute approximate surface area is 184 Å². The largest absolute Gasteiger partial charge is 0.446 e.